The summed E-state index contributed by atoms with van der Waals surface area (Å²) in [4.78, 5) is 0. The molecule has 2 heteroatoms. The predicted octanol–water partition coefficient (Wildman–Crippen LogP) is 4.51. The Balaban J connectivity index is 2.19. The highest BCUT2D eigenvalue weighted by Crippen LogP contribution is 2.47. The Morgan fingerprint density at radius 3 is 2.48 bits per heavy atom. The molecule has 21 heavy (non-hydrogen) atoms. The maximum absolute atomic E-state index is 11.0. The molecule has 1 unspecified atom stereocenters. The normalized spacial score (nSPS) is 19.0. The van der Waals surface area contributed by atoms with E-state index in [1.54, 1.807) is 7.11 Å². The minimum Gasteiger partial charge on any atom is -0.496 e. The van der Waals surface area contributed by atoms with Crippen molar-refractivity contribution in [3.8, 4) is 5.75 Å². The van der Waals surface area contributed by atoms with Crippen LogP contribution >= 0.6 is 0 Å². The molecule has 1 aromatic carbocycles. The first-order chi connectivity index (χ1) is 9.97. The highest BCUT2D eigenvalue weighted by atomic mass is 16.5. The molecule has 1 saturated carbocycles. The van der Waals surface area contributed by atoms with Crippen molar-refractivity contribution in [2.45, 2.75) is 65.4 Å². The Morgan fingerprint density at radius 2 is 1.90 bits per heavy atom. The van der Waals surface area contributed by atoms with Gasteiger partial charge in [-0.3, -0.25) is 0 Å². The molecule has 0 aromatic heterocycles. The van der Waals surface area contributed by atoms with Crippen LogP contribution in [0.5, 0.6) is 5.75 Å². The topological polar surface area (TPSA) is 29.5 Å². The zero-order valence-corrected chi connectivity index (χ0v) is 14.0. The average molecular weight is 290 g/mol. The van der Waals surface area contributed by atoms with Gasteiger partial charge >= 0.3 is 0 Å². The molecule has 1 atom stereocenters. The van der Waals surface area contributed by atoms with Gasteiger partial charge in [-0.2, -0.15) is 0 Å². The molecule has 1 aromatic rings. The summed E-state index contributed by atoms with van der Waals surface area (Å²) < 4.78 is 5.47. The van der Waals surface area contributed by atoms with Gasteiger partial charge < -0.3 is 9.84 Å². The number of hydrogen-bond donors (Lipinski definition) is 1. The first kappa shape index (κ1) is 16.4. The summed E-state index contributed by atoms with van der Waals surface area (Å²) in [7, 11) is 1.71. The van der Waals surface area contributed by atoms with Crippen LogP contribution in [0.15, 0.2) is 18.2 Å². The lowest BCUT2D eigenvalue weighted by molar-refractivity contribution is 0.0130. The van der Waals surface area contributed by atoms with E-state index in [0.29, 0.717) is 12.3 Å². The molecule has 0 bridgehead atoms. The van der Waals surface area contributed by atoms with Crippen LogP contribution in [0.4, 0.5) is 0 Å². The molecule has 0 radical (unpaired) electrons. The van der Waals surface area contributed by atoms with E-state index in [0.717, 1.165) is 17.7 Å². The SMILES string of the molecule is COc1ccc(C)cc1CC(O)C1(CC(C)C)CCCC1. The van der Waals surface area contributed by atoms with Gasteiger partial charge in [0, 0.05) is 6.42 Å². The molecule has 2 nitrogen and oxygen atoms in total. The fourth-order valence-corrected chi connectivity index (χ4v) is 4.06. The Labute approximate surface area is 129 Å². The third-order valence-electron chi connectivity index (χ3n) is 4.97. The second kappa shape index (κ2) is 6.83. The van der Waals surface area contributed by atoms with Gasteiger partial charge in [-0.15, -0.1) is 0 Å². The van der Waals surface area contributed by atoms with Crippen molar-refractivity contribution in [3.63, 3.8) is 0 Å². The van der Waals surface area contributed by atoms with Crippen molar-refractivity contribution in [1.82, 2.24) is 0 Å². The fourth-order valence-electron chi connectivity index (χ4n) is 4.06. The second-order valence-corrected chi connectivity index (χ2v) is 7.20. The Bertz CT molecular complexity index is 459. The van der Waals surface area contributed by atoms with Gasteiger partial charge in [0.05, 0.1) is 13.2 Å². The molecular weight excluding hydrogens is 260 g/mol. The zero-order valence-electron chi connectivity index (χ0n) is 14.0. The third-order valence-corrected chi connectivity index (χ3v) is 4.97. The molecule has 0 heterocycles. The maximum atomic E-state index is 11.0. The number of rotatable bonds is 6. The van der Waals surface area contributed by atoms with Gasteiger partial charge in [-0.1, -0.05) is 44.4 Å². The Morgan fingerprint density at radius 1 is 1.24 bits per heavy atom. The summed E-state index contributed by atoms with van der Waals surface area (Å²) in [5, 5.41) is 11.0. The van der Waals surface area contributed by atoms with Crippen LogP contribution in [0, 0.1) is 18.3 Å². The molecule has 1 aliphatic rings. The number of benzene rings is 1. The lowest BCUT2D eigenvalue weighted by Crippen LogP contribution is -2.35. The molecular formula is C19H30O2. The van der Waals surface area contributed by atoms with E-state index in [9.17, 15) is 5.11 Å². The summed E-state index contributed by atoms with van der Waals surface area (Å²) in [6.07, 6.45) is 6.42. The van der Waals surface area contributed by atoms with Crippen molar-refractivity contribution >= 4 is 0 Å². The van der Waals surface area contributed by atoms with Crippen LogP contribution < -0.4 is 4.74 Å². The van der Waals surface area contributed by atoms with Crippen LogP contribution in [0.25, 0.3) is 0 Å². The van der Waals surface area contributed by atoms with Crippen molar-refractivity contribution in [3.05, 3.63) is 29.3 Å². The van der Waals surface area contributed by atoms with E-state index in [1.165, 1.54) is 31.2 Å². The fraction of sp³-hybridized carbons (Fsp3) is 0.684. The van der Waals surface area contributed by atoms with Crippen LogP contribution in [0.1, 0.15) is 57.1 Å². The largest absolute Gasteiger partial charge is 0.496 e. The summed E-state index contributed by atoms with van der Waals surface area (Å²) in [5.74, 6) is 1.54. The van der Waals surface area contributed by atoms with Gasteiger partial charge in [0.15, 0.2) is 0 Å². The lowest BCUT2D eigenvalue weighted by atomic mass is 9.72. The first-order valence-corrected chi connectivity index (χ1v) is 8.28. The molecule has 1 fully saturated rings. The molecule has 0 aliphatic heterocycles. The summed E-state index contributed by atoms with van der Waals surface area (Å²) in [6, 6.07) is 6.23. The van der Waals surface area contributed by atoms with Gasteiger partial charge in [-0.05, 0) is 49.1 Å². The number of aryl methyl sites for hydroxylation is 1. The van der Waals surface area contributed by atoms with E-state index >= 15 is 0 Å². The van der Waals surface area contributed by atoms with Crippen molar-refractivity contribution in [2.24, 2.45) is 11.3 Å². The number of methoxy groups -OCH3 is 1. The molecule has 2 rings (SSSR count). The average Bonchev–Trinajstić information content (AvgIpc) is 2.88. The summed E-state index contributed by atoms with van der Waals surface area (Å²) in [6.45, 7) is 6.62. The molecule has 1 aliphatic carbocycles. The summed E-state index contributed by atoms with van der Waals surface area (Å²) in [5.41, 5.74) is 2.48. The highest BCUT2D eigenvalue weighted by molar-refractivity contribution is 5.37. The molecule has 118 valence electrons. The number of aliphatic hydroxyl groups is 1. The molecule has 0 spiro atoms. The minimum atomic E-state index is -0.266. The van der Waals surface area contributed by atoms with Crippen molar-refractivity contribution in [1.29, 1.82) is 0 Å². The van der Waals surface area contributed by atoms with Crippen molar-refractivity contribution in [2.75, 3.05) is 7.11 Å². The van der Waals surface area contributed by atoms with Crippen LogP contribution in [-0.4, -0.2) is 18.3 Å². The molecule has 0 amide bonds. The second-order valence-electron chi connectivity index (χ2n) is 7.20. The number of aliphatic hydroxyl groups excluding tert-OH is 1. The molecule has 0 saturated heterocycles. The third kappa shape index (κ3) is 3.79. The van der Waals surface area contributed by atoms with Gasteiger partial charge in [-0.25, -0.2) is 0 Å². The highest BCUT2D eigenvalue weighted by Gasteiger charge is 2.40. The standard InChI is InChI=1S/C19H30O2/c1-14(2)13-19(9-5-6-10-19)18(20)12-16-11-15(3)7-8-17(16)21-4/h7-8,11,14,18,20H,5-6,9-10,12-13H2,1-4H3. The van der Waals surface area contributed by atoms with E-state index < -0.39 is 0 Å². The van der Waals surface area contributed by atoms with Gasteiger partial charge in [0.25, 0.3) is 0 Å². The number of hydrogen-bond acceptors (Lipinski definition) is 2. The number of ether oxygens (including phenoxy) is 1. The van der Waals surface area contributed by atoms with Crippen LogP contribution in [0.3, 0.4) is 0 Å². The Hall–Kier alpha value is -1.02. The summed E-state index contributed by atoms with van der Waals surface area (Å²) >= 11 is 0. The lowest BCUT2D eigenvalue weighted by Gasteiger charge is -2.36. The maximum Gasteiger partial charge on any atom is 0.122 e. The van der Waals surface area contributed by atoms with Crippen LogP contribution in [-0.2, 0) is 6.42 Å². The van der Waals surface area contributed by atoms with E-state index in [4.69, 9.17) is 4.74 Å². The van der Waals surface area contributed by atoms with Crippen molar-refractivity contribution < 1.29 is 9.84 Å². The smallest absolute Gasteiger partial charge is 0.122 e. The van der Waals surface area contributed by atoms with Gasteiger partial charge in [0.1, 0.15) is 5.75 Å². The predicted molar refractivity (Wildman–Crippen MR) is 87.8 cm³/mol. The van der Waals surface area contributed by atoms with Gasteiger partial charge in [0.2, 0.25) is 0 Å². The monoisotopic (exact) mass is 290 g/mol. The minimum absolute atomic E-state index is 0.114. The van der Waals surface area contributed by atoms with E-state index in [-0.39, 0.29) is 11.5 Å². The first-order valence-electron chi connectivity index (χ1n) is 8.28. The van der Waals surface area contributed by atoms with E-state index in [2.05, 4.69) is 32.9 Å². The Kier molecular flexibility index (Phi) is 5.32. The zero-order chi connectivity index (χ0) is 15.5. The van der Waals surface area contributed by atoms with Crippen LogP contribution in [0.2, 0.25) is 0 Å². The quantitative estimate of drug-likeness (QED) is 0.835. The van der Waals surface area contributed by atoms with E-state index in [1.807, 2.05) is 6.07 Å². The molecule has 1 N–H and O–H groups in total.